The quantitative estimate of drug-likeness (QED) is 0.775. The average Bonchev–Trinajstić information content (AvgIpc) is 2.66. The first-order chi connectivity index (χ1) is 9.86. The first-order valence-electron chi connectivity index (χ1n) is 7.44. The number of hydrogen-bond donors (Lipinski definition) is 1. The minimum absolute atomic E-state index is 0.464. The predicted octanol–water partition coefficient (Wildman–Crippen LogP) is 2.21. The van der Waals surface area contributed by atoms with E-state index < -0.39 is 0 Å². The van der Waals surface area contributed by atoms with Crippen molar-refractivity contribution in [2.75, 3.05) is 52.0 Å². The van der Waals surface area contributed by atoms with E-state index in [0.717, 1.165) is 19.7 Å². The van der Waals surface area contributed by atoms with E-state index in [2.05, 4.69) is 34.5 Å². The maximum Gasteiger partial charge on any atom is 0.0701 e. The summed E-state index contributed by atoms with van der Waals surface area (Å²) in [6, 6.07) is 9.17. The monoisotopic (exact) mass is 278 g/mol. The second kappa shape index (κ2) is 8.25. The van der Waals surface area contributed by atoms with Crippen LogP contribution in [0.1, 0.15) is 24.4 Å². The van der Waals surface area contributed by atoms with E-state index in [-0.39, 0.29) is 0 Å². The highest BCUT2D eigenvalue weighted by Crippen LogP contribution is 2.32. The number of fused-ring (bicyclic) bond motifs is 1. The molecule has 0 aliphatic carbocycles. The molecule has 0 saturated carbocycles. The van der Waals surface area contributed by atoms with Crippen LogP contribution in [0.3, 0.4) is 0 Å². The van der Waals surface area contributed by atoms with E-state index in [1.54, 1.807) is 7.11 Å². The third-order valence-corrected chi connectivity index (χ3v) is 3.86. The van der Waals surface area contributed by atoms with Gasteiger partial charge in [0.25, 0.3) is 0 Å². The lowest BCUT2D eigenvalue weighted by Gasteiger charge is -2.25. The van der Waals surface area contributed by atoms with Gasteiger partial charge in [-0.05, 0) is 31.5 Å². The van der Waals surface area contributed by atoms with E-state index in [1.165, 1.54) is 24.1 Å². The van der Waals surface area contributed by atoms with Crippen molar-refractivity contribution in [3.8, 4) is 0 Å². The molecule has 0 aromatic heterocycles. The molecule has 4 nitrogen and oxygen atoms in total. The summed E-state index contributed by atoms with van der Waals surface area (Å²) in [5, 5.41) is 3.43. The average molecular weight is 278 g/mol. The molecule has 1 aromatic carbocycles. The third-order valence-electron chi connectivity index (χ3n) is 3.86. The number of ether oxygens (including phenoxy) is 2. The SMILES string of the molecule is CNC1CCCN(CCOCCOC)c2ccccc21. The third kappa shape index (κ3) is 3.95. The maximum absolute atomic E-state index is 5.60. The maximum atomic E-state index is 5.60. The first-order valence-corrected chi connectivity index (χ1v) is 7.44. The van der Waals surface area contributed by atoms with Gasteiger partial charge in [-0.15, -0.1) is 0 Å². The zero-order valence-corrected chi connectivity index (χ0v) is 12.6. The van der Waals surface area contributed by atoms with Crippen LogP contribution in [0.15, 0.2) is 24.3 Å². The number of para-hydroxylation sites is 1. The molecule has 2 rings (SSSR count). The molecule has 0 amide bonds. The number of nitrogens with zero attached hydrogens (tertiary/aromatic N) is 1. The van der Waals surface area contributed by atoms with Crippen LogP contribution < -0.4 is 10.2 Å². The minimum atomic E-state index is 0.464. The van der Waals surface area contributed by atoms with Gasteiger partial charge in [0.1, 0.15) is 0 Å². The molecule has 1 atom stereocenters. The van der Waals surface area contributed by atoms with Gasteiger partial charge in [0, 0.05) is 31.9 Å². The van der Waals surface area contributed by atoms with Crippen LogP contribution in [-0.2, 0) is 9.47 Å². The Labute approximate surface area is 122 Å². The first kappa shape index (κ1) is 15.3. The summed E-state index contributed by atoms with van der Waals surface area (Å²) in [5.41, 5.74) is 2.75. The molecule has 1 N–H and O–H groups in total. The standard InChI is InChI=1S/C16H26N2O2/c1-17-15-7-5-9-18(10-11-20-13-12-19-2)16-8-4-3-6-14(15)16/h3-4,6,8,15,17H,5,7,9-13H2,1-2H3. The zero-order valence-electron chi connectivity index (χ0n) is 12.6. The molecule has 0 saturated heterocycles. The Bertz CT molecular complexity index is 398. The van der Waals surface area contributed by atoms with Gasteiger partial charge in [0.05, 0.1) is 19.8 Å². The summed E-state index contributed by atoms with van der Waals surface area (Å²) in [4.78, 5) is 2.44. The van der Waals surface area contributed by atoms with Crippen LogP contribution in [0.2, 0.25) is 0 Å². The van der Waals surface area contributed by atoms with E-state index in [4.69, 9.17) is 9.47 Å². The lowest BCUT2D eigenvalue weighted by Crippen LogP contribution is -2.28. The number of benzene rings is 1. The summed E-state index contributed by atoms with van der Waals surface area (Å²) < 4.78 is 10.6. The molecule has 0 radical (unpaired) electrons. The van der Waals surface area contributed by atoms with Gasteiger partial charge in [-0.25, -0.2) is 0 Å². The predicted molar refractivity (Wildman–Crippen MR) is 82.4 cm³/mol. The molecule has 0 fully saturated rings. The van der Waals surface area contributed by atoms with E-state index >= 15 is 0 Å². The van der Waals surface area contributed by atoms with Gasteiger partial charge >= 0.3 is 0 Å². The molecule has 1 heterocycles. The molecule has 1 aliphatic rings. The van der Waals surface area contributed by atoms with E-state index in [1.807, 2.05) is 7.05 Å². The largest absolute Gasteiger partial charge is 0.382 e. The Hall–Kier alpha value is -1.10. The van der Waals surface area contributed by atoms with Crippen LogP contribution in [0.25, 0.3) is 0 Å². The Morgan fingerprint density at radius 1 is 1.25 bits per heavy atom. The van der Waals surface area contributed by atoms with Gasteiger partial charge in [-0.3, -0.25) is 0 Å². The second-order valence-electron chi connectivity index (χ2n) is 5.13. The highest BCUT2D eigenvalue weighted by atomic mass is 16.5. The Kier molecular flexibility index (Phi) is 6.30. The molecular weight excluding hydrogens is 252 g/mol. The van der Waals surface area contributed by atoms with Crippen LogP contribution in [-0.4, -0.2) is 47.1 Å². The fraction of sp³-hybridized carbons (Fsp3) is 0.625. The summed E-state index contributed by atoms with van der Waals surface area (Å²) in [6.45, 7) is 4.13. The Morgan fingerprint density at radius 2 is 2.10 bits per heavy atom. The molecule has 112 valence electrons. The normalized spacial score (nSPS) is 18.7. The van der Waals surface area contributed by atoms with Gasteiger partial charge in [0.15, 0.2) is 0 Å². The van der Waals surface area contributed by atoms with E-state index in [9.17, 15) is 0 Å². The van der Waals surface area contributed by atoms with Crippen LogP contribution in [0.4, 0.5) is 5.69 Å². The highest BCUT2D eigenvalue weighted by Gasteiger charge is 2.20. The molecule has 1 aliphatic heterocycles. The summed E-state index contributed by atoms with van der Waals surface area (Å²) in [5.74, 6) is 0. The van der Waals surface area contributed by atoms with Crippen molar-refractivity contribution in [3.63, 3.8) is 0 Å². The minimum Gasteiger partial charge on any atom is -0.382 e. The smallest absolute Gasteiger partial charge is 0.0701 e. The molecule has 1 unspecified atom stereocenters. The van der Waals surface area contributed by atoms with Crippen LogP contribution >= 0.6 is 0 Å². The van der Waals surface area contributed by atoms with Crippen molar-refractivity contribution in [3.05, 3.63) is 29.8 Å². The molecule has 20 heavy (non-hydrogen) atoms. The summed E-state index contributed by atoms with van der Waals surface area (Å²) >= 11 is 0. The highest BCUT2D eigenvalue weighted by molar-refractivity contribution is 5.55. The Morgan fingerprint density at radius 3 is 2.90 bits per heavy atom. The van der Waals surface area contributed by atoms with Crippen molar-refractivity contribution in [1.82, 2.24) is 5.32 Å². The summed E-state index contributed by atoms with van der Waals surface area (Å²) in [6.07, 6.45) is 2.40. The van der Waals surface area contributed by atoms with Crippen molar-refractivity contribution < 1.29 is 9.47 Å². The van der Waals surface area contributed by atoms with Crippen LogP contribution in [0.5, 0.6) is 0 Å². The lowest BCUT2D eigenvalue weighted by molar-refractivity contribution is 0.0740. The molecule has 4 heteroatoms. The molecular formula is C16H26N2O2. The van der Waals surface area contributed by atoms with Gasteiger partial charge in [-0.2, -0.15) is 0 Å². The second-order valence-corrected chi connectivity index (χ2v) is 5.13. The number of hydrogen-bond acceptors (Lipinski definition) is 4. The van der Waals surface area contributed by atoms with Crippen molar-refractivity contribution >= 4 is 5.69 Å². The number of nitrogens with one attached hydrogen (secondary N) is 1. The fourth-order valence-corrected chi connectivity index (χ4v) is 2.78. The van der Waals surface area contributed by atoms with E-state index in [0.29, 0.717) is 19.3 Å². The Balaban J connectivity index is 1.98. The zero-order chi connectivity index (χ0) is 14.2. The molecule has 0 spiro atoms. The molecule has 0 bridgehead atoms. The van der Waals surface area contributed by atoms with Gasteiger partial charge in [0.2, 0.25) is 0 Å². The fourth-order valence-electron chi connectivity index (χ4n) is 2.78. The summed E-state index contributed by atoms with van der Waals surface area (Å²) in [7, 11) is 3.75. The topological polar surface area (TPSA) is 33.7 Å². The van der Waals surface area contributed by atoms with Gasteiger partial charge < -0.3 is 19.7 Å². The van der Waals surface area contributed by atoms with Crippen LogP contribution in [0, 0.1) is 0 Å². The number of methoxy groups -OCH3 is 1. The number of rotatable bonds is 7. The van der Waals surface area contributed by atoms with Crippen molar-refractivity contribution in [1.29, 1.82) is 0 Å². The van der Waals surface area contributed by atoms with Gasteiger partial charge in [-0.1, -0.05) is 18.2 Å². The lowest BCUT2D eigenvalue weighted by atomic mass is 10.0. The van der Waals surface area contributed by atoms with Crippen molar-refractivity contribution in [2.45, 2.75) is 18.9 Å². The number of anilines is 1. The van der Waals surface area contributed by atoms with Crippen molar-refractivity contribution in [2.24, 2.45) is 0 Å². The molecule has 1 aromatic rings.